The average Bonchev–Trinajstić information content (AvgIpc) is 3.16. The van der Waals surface area contributed by atoms with Crippen LogP contribution in [0.2, 0.25) is 0 Å². The number of rotatable bonds is 22. The molecule has 4 rings (SSSR count). The van der Waals surface area contributed by atoms with Gasteiger partial charge in [0, 0.05) is 0 Å². The van der Waals surface area contributed by atoms with Crippen molar-refractivity contribution in [3.63, 3.8) is 0 Å². The summed E-state index contributed by atoms with van der Waals surface area (Å²) in [6.07, 6.45) is 0.724. The van der Waals surface area contributed by atoms with E-state index >= 15 is 0 Å². The van der Waals surface area contributed by atoms with E-state index in [1.807, 2.05) is 55.4 Å². The molecule has 0 aliphatic carbocycles. The van der Waals surface area contributed by atoms with E-state index in [1.54, 1.807) is 84.9 Å². The number of hydrogen-bond acceptors (Lipinski definition) is 11. The summed E-state index contributed by atoms with van der Waals surface area (Å²) in [7, 11) is -9.11. The molecule has 17 heteroatoms. The van der Waals surface area contributed by atoms with Gasteiger partial charge in [-0.25, -0.2) is 9.13 Å². The number of unbranched alkanes of at least 4 members (excludes halogenated alkanes) is 4. The molecule has 4 aromatic carbocycles. The zero-order valence-electron chi connectivity index (χ0n) is 36.1. The number of halogens is 3. The van der Waals surface area contributed by atoms with Crippen molar-refractivity contribution in [3.8, 4) is 46.0 Å². The second-order valence-corrected chi connectivity index (χ2v) is 18.4. The standard InChI is InChI=1S/C24H32F3O6P.C20H27O6P/c1-3-5-11-17-29-20-13-7-9-15-22(20)32-34(28,31-19-24(25,26)27)33-23-16-10-8-14-21(23)30-18-12-6-4-2;1-19(2,3)23-15-7-11-17(12-8-15)25-27(21,22)26-18-13-9-16(10-14-18)24-20(4,5)6/h7-10,13-16H,3-6,11-12,17-19H2,1-2H3;7-14H,1-6H3,(H,21,22). The zero-order chi connectivity index (χ0) is 45.2. The molecule has 338 valence electrons. The van der Waals surface area contributed by atoms with Crippen molar-refractivity contribution in [2.24, 2.45) is 0 Å². The van der Waals surface area contributed by atoms with Gasteiger partial charge in [-0.15, -0.1) is 0 Å². The van der Waals surface area contributed by atoms with Gasteiger partial charge >= 0.3 is 21.8 Å². The van der Waals surface area contributed by atoms with Crippen molar-refractivity contribution < 1.29 is 68.8 Å². The number of para-hydroxylation sites is 4. The summed E-state index contributed by atoms with van der Waals surface area (Å²) in [6, 6.07) is 25.3. The first-order valence-corrected chi connectivity index (χ1v) is 23.0. The van der Waals surface area contributed by atoms with Gasteiger partial charge in [-0.2, -0.15) is 13.2 Å². The second kappa shape index (κ2) is 23.6. The largest absolute Gasteiger partial charge is 0.588 e. The Morgan fingerprint density at radius 3 is 1.18 bits per heavy atom. The van der Waals surface area contributed by atoms with Crippen LogP contribution in [0.15, 0.2) is 97.1 Å². The molecular weight excluding hydrogens is 839 g/mol. The first kappa shape index (κ1) is 50.8. The Balaban J connectivity index is 0.000000334. The van der Waals surface area contributed by atoms with Gasteiger partial charge in [0.15, 0.2) is 29.6 Å². The van der Waals surface area contributed by atoms with Gasteiger partial charge in [-0.05, 0) is 127 Å². The SMILES string of the molecule is CC(C)(C)Oc1ccc(OP(=O)(O)Oc2ccc(OC(C)(C)C)cc2)cc1.CCCCCOc1ccccc1OP(=O)(OCC(F)(F)F)Oc1ccccc1OCCCCC. The highest BCUT2D eigenvalue weighted by molar-refractivity contribution is 7.49. The summed E-state index contributed by atoms with van der Waals surface area (Å²) in [5.41, 5.74) is -0.665. The molecule has 0 atom stereocenters. The maximum absolute atomic E-state index is 13.4. The second-order valence-electron chi connectivity index (χ2n) is 15.5. The molecule has 0 fully saturated rings. The zero-order valence-corrected chi connectivity index (χ0v) is 37.9. The predicted octanol–water partition coefficient (Wildman–Crippen LogP) is 13.6. The van der Waals surface area contributed by atoms with Gasteiger partial charge in [0.1, 0.15) is 34.2 Å². The van der Waals surface area contributed by atoms with E-state index in [2.05, 4.69) is 4.52 Å². The smallest absolute Gasteiger partial charge is 0.490 e. The van der Waals surface area contributed by atoms with Gasteiger partial charge in [-0.3, -0.25) is 9.42 Å². The first-order valence-electron chi connectivity index (χ1n) is 20.0. The minimum atomic E-state index is -4.78. The maximum Gasteiger partial charge on any atom is 0.588 e. The number of ether oxygens (including phenoxy) is 4. The molecule has 0 amide bonds. The molecule has 0 aliphatic rings. The van der Waals surface area contributed by atoms with Crippen LogP contribution in [0.3, 0.4) is 0 Å². The number of phosphoric ester groups is 2. The van der Waals surface area contributed by atoms with Gasteiger partial charge in [0.25, 0.3) is 0 Å². The van der Waals surface area contributed by atoms with Gasteiger partial charge in [-0.1, -0.05) is 63.8 Å². The van der Waals surface area contributed by atoms with Crippen molar-refractivity contribution in [2.45, 2.75) is 111 Å². The Kier molecular flexibility index (Phi) is 19.7. The van der Waals surface area contributed by atoms with Crippen LogP contribution in [0, 0.1) is 0 Å². The molecule has 1 N–H and O–H groups in total. The topological polar surface area (TPSA) is 137 Å². The summed E-state index contributed by atoms with van der Waals surface area (Å²) >= 11 is 0. The quantitative estimate of drug-likeness (QED) is 0.0593. The van der Waals surface area contributed by atoms with Gasteiger partial charge in [0.05, 0.1) is 13.2 Å². The van der Waals surface area contributed by atoms with Crippen molar-refractivity contribution in [1.29, 1.82) is 0 Å². The van der Waals surface area contributed by atoms with Crippen LogP contribution in [0.25, 0.3) is 0 Å². The Morgan fingerprint density at radius 2 is 0.852 bits per heavy atom. The number of hydrogen-bond donors (Lipinski definition) is 1. The molecule has 0 aromatic heterocycles. The van der Waals surface area contributed by atoms with Crippen LogP contribution in [-0.4, -0.2) is 42.1 Å². The van der Waals surface area contributed by atoms with Gasteiger partial charge in [0.2, 0.25) is 0 Å². The van der Waals surface area contributed by atoms with Crippen molar-refractivity contribution >= 4 is 15.6 Å². The minimum Gasteiger partial charge on any atom is -0.490 e. The maximum atomic E-state index is 13.4. The molecule has 0 aliphatic heterocycles. The summed E-state index contributed by atoms with van der Waals surface area (Å²) < 4.78 is 113. The average molecular weight is 899 g/mol. The van der Waals surface area contributed by atoms with E-state index in [0.717, 1.165) is 38.5 Å². The van der Waals surface area contributed by atoms with E-state index in [0.29, 0.717) is 24.7 Å². The molecule has 12 nitrogen and oxygen atoms in total. The third kappa shape index (κ3) is 21.2. The Hall–Kier alpha value is -4.55. The summed E-state index contributed by atoms with van der Waals surface area (Å²) in [4.78, 5) is 9.98. The highest BCUT2D eigenvalue weighted by Gasteiger charge is 2.39. The fraction of sp³-hybridized carbons (Fsp3) is 0.455. The Bertz CT molecular complexity index is 1850. The number of alkyl halides is 3. The van der Waals surface area contributed by atoms with Crippen LogP contribution in [0.5, 0.6) is 46.0 Å². The lowest BCUT2D eigenvalue weighted by molar-refractivity contribution is -0.156. The monoisotopic (exact) mass is 898 g/mol. The van der Waals surface area contributed by atoms with Crippen LogP contribution < -0.4 is 37.0 Å². The van der Waals surface area contributed by atoms with Crippen molar-refractivity contribution in [3.05, 3.63) is 97.1 Å². The molecule has 0 bridgehead atoms. The highest BCUT2D eigenvalue weighted by atomic mass is 31.2. The van der Waals surface area contributed by atoms with Crippen LogP contribution in [0.4, 0.5) is 13.2 Å². The highest BCUT2D eigenvalue weighted by Crippen LogP contribution is 2.54. The van der Waals surface area contributed by atoms with Crippen molar-refractivity contribution in [2.75, 3.05) is 19.8 Å². The van der Waals surface area contributed by atoms with Crippen molar-refractivity contribution in [1.82, 2.24) is 0 Å². The lowest BCUT2D eigenvalue weighted by atomic mass is 10.2. The third-order valence-electron chi connectivity index (χ3n) is 7.45. The van der Waals surface area contributed by atoms with E-state index in [-0.39, 0.29) is 45.7 Å². The molecule has 61 heavy (non-hydrogen) atoms. The summed E-state index contributed by atoms with van der Waals surface area (Å²) in [5, 5.41) is 0. The van der Waals surface area contributed by atoms with Crippen LogP contribution in [0.1, 0.15) is 93.9 Å². The Labute approximate surface area is 357 Å². The van der Waals surface area contributed by atoms with E-state index in [1.165, 1.54) is 12.1 Å². The molecular formula is C44H59F3O12P2. The molecule has 0 heterocycles. The Morgan fingerprint density at radius 1 is 0.508 bits per heavy atom. The number of phosphoric acid groups is 2. The molecule has 0 unspecified atom stereocenters. The fourth-order valence-corrected chi connectivity index (χ4v) is 7.00. The molecule has 0 spiro atoms. The summed E-state index contributed by atoms with van der Waals surface area (Å²) in [5.74, 6) is 2.03. The normalized spacial score (nSPS) is 12.1. The minimum absolute atomic E-state index is 0.0501. The first-order chi connectivity index (χ1) is 28.6. The lowest BCUT2D eigenvalue weighted by Crippen LogP contribution is -2.22. The summed E-state index contributed by atoms with van der Waals surface area (Å²) in [6.45, 7) is 14.6. The molecule has 0 saturated carbocycles. The van der Waals surface area contributed by atoms with Crippen LogP contribution >= 0.6 is 15.6 Å². The van der Waals surface area contributed by atoms with E-state index in [4.69, 9.17) is 37.0 Å². The lowest BCUT2D eigenvalue weighted by Gasteiger charge is -2.22. The van der Waals surface area contributed by atoms with Gasteiger partial charge < -0.3 is 37.0 Å². The molecule has 4 aromatic rings. The van der Waals surface area contributed by atoms with E-state index in [9.17, 15) is 27.2 Å². The fourth-order valence-electron chi connectivity index (χ4n) is 4.95. The van der Waals surface area contributed by atoms with Crippen LogP contribution in [-0.2, 0) is 13.7 Å². The molecule has 0 radical (unpaired) electrons. The molecule has 0 saturated heterocycles. The van der Waals surface area contributed by atoms with E-state index < -0.39 is 28.4 Å². The third-order valence-corrected chi connectivity index (χ3v) is 9.62. The number of benzene rings is 4. The predicted molar refractivity (Wildman–Crippen MR) is 229 cm³/mol.